The van der Waals surface area contributed by atoms with Gasteiger partial charge in [0.25, 0.3) is 5.91 Å². The van der Waals surface area contributed by atoms with Crippen molar-refractivity contribution < 1.29 is 19.1 Å². The summed E-state index contributed by atoms with van der Waals surface area (Å²) in [5, 5.41) is 3.20. The minimum atomic E-state index is -0.407. The Hall–Kier alpha value is -3.06. The molecule has 2 amide bonds. The van der Waals surface area contributed by atoms with Crippen molar-refractivity contribution in [2.75, 3.05) is 57.4 Å². The van der Waals surface area contributed by atoms with Crippen molar-refractivity contribution >= 4 is 17.5 Å². The Morgan fingerprint density at radius 2 is 1.68 bits per heavy atom. The molecule has 1 N–H and O–H groups in total. The van der Waals surface area contributed by atoms with Gasteiger partial charge < -0.3 is 24.6 Å². The second-order valence-corrected chi connectivity index (χ2v) is 10.9. The number of anilines is 1. The van der Waals surface area contributed by atoms with E-state index >= 15 is 0 Å². The van der Waals surface area contributed by atoms with Crippen LogP contribution in [0.25, 0.3) is 0 Å². The van der Waals surface area contributed by atoms with Gasteiger partial charge in [-0.15, -0.1) is 0 Å². The van der Waals surface area contributed by atoms with E-state index in [9.17, 15) is 9.59 Å². The lowest BCUT2D eigenvalue weighted by Gasteiger charge is -2.41. The Morgan fingerprint density at radius 1 is 0.895 bits per heavy atom. The van der Waals surface area contributed by atoms with Gasteiger partial charge in [-0.05, 0) is 74.8 Å². The number of para-hydroxylation sites is 1. The zero-order valence-electron chi connectivity index (χ0n) is 22.7. The number of benzene rings is 2. The summed E-state index contributed by atoms with van der Waals surface area (Å²) >= 11 is 0. The van der Waals surface area contributed by atoms with Crippen LogP contribution in [0.2, 0.25) is 0 Å². The van der Waals surface area contributed by atoms with Gasteiger partial charge in [0.15, 0.2) is 0 Å². The third-order valence-electron chi connectivity index (χ3n) is 8.57. The van der Waals surface area contributed by atoms with Gasteiger partial charge in [-0.25, -0.2) is 0 Å². The van der Waals surface area contributed by atoms with E-state index in [4.69, 9.17) is 9.47 Å². The van der Waals surface area contributed by atoms with Crippen molar-refractivity contribution in [3.8, 4) is 5.75 Å². The molecule has 0 aromatic heterocycles. The van der Waals surface area contributed by atoms with Crippen LogP contribution in [0.4, 0.5) is 5.69 Å². The average molecular weight is 520 g/mol. The van der Waals surface area contributed by atoms with E-state index in [0.717, 1.165) is 67.8 Å². The summed E-state index contributed by atoms with van der Waals surface area (Å²) in [7, 11) is 0. The first-order valence-corrected chi connectivity index (χ1v) is 14.3. The number of morpholine rings is 1. The summed E-state index contributed by atoms with van der Waals surface area (Å²) in [5.41, 5.74) is 3.75. The molecule has 0 unspecified atom stereocenters. The smallest absolute Gasteiger partial charge is 0.254 e. The Kier molecular flexibility index (Phi) is 8.52. The van der Waals surface area contributed by atoms with Gasteiger partial charge in [0.05, 0.1) is 25.2 Å². The second-order valence-electron chi connectivity index (χ2n) is 10.9. The zero-order valence-corrected chi connectivity index (χ0v) is 22.7. The van der Waals surface area contributed by atoms with Gasteiger partial charge in [-0.3, -0.25) is 9.59 Å². The highest BCUT2D eigenvalue weighted by molar-refractivity contribution is 5.97. The molecule has 3 aliphatic rings. The fourth-order valence-electron chi connectivity index (χ4n) is 6.17. The van der Waals surface area contributed by atoms with Gasteiger partial charge in [0.2, 0.25) is 5.91 Å². The molecular weight excluding hydrogens is 478 g/mol. The van der Waals surface area contributed by atoms with Crippen LogP contribution in [0.5, 0.6) is 5.75 Å². The first kappa shape index (κ1) is 26.5. The summed E-state index contributed by atoms with van der Waals surface area (Å²) < 4.78 is 11.5. The Morgan fingerprint density at radius 3 is 2.50 bits per heavy atom. The van der Waals surface area contributed by atoms with Crippen LogP contribution in [0.15, 0.2) is 42.5 Å². The SMILES string of the molecule is Cc1c(C(=O)N2CCC3(CCCCc4ccccc4OCCCNC3=O)CC2)cccc1N1CCOCC1. The van der Waals surface area contributed by atoms with Gasteiger partial charge in [0.1, 0.15) is 5.75 Å². The number of nitrogens with zero attached hydrogens (tertiary/aromatic N) is 2. The monoisotopic (exact) mass is 519 g/mol. The number of likely N-dealkylation sites (tertiary alicyclic amines) is 1. The molecule has 2 fully saturated rings. The number of rotatable bonds is 2. The van der Waals surface area contributed by atoms with E-state index < -0.39 is 5.41 Å². The van der Waals surface area contributed by atoms with Crippen LogP contribution >= 0.6 is 0 Å². The average Bonchev–Trinajstić information content (AvgIpc) is 2.97. The molecule has 0 bridgehead atoms. The fraction of sp³-hybridized carbons (Fsp3) is 0.548. The molecule has 2 saturated heterocycles. The Labute approximate surface area is 226 Å². The number of carbonyl (C=O) groups excluding carboxylic acids is 2. The van der Waals surface area contributed by atoms with Crippen molar-refractivity contribution in [1.29, 1.82) is 0 Å². The van der Waals surface area contributed by atoms with Crippen LogP contribution in [0, 0.1) is 12.3 Å². The molecule has 2 aromatic carbocycles. The van der Waals surface area contributed by atoms with Crippen LogP contribution < -0.4 is 15.0 Å². The van der Waals surface area contributed by atoms with E-state index in [1.54, 1.807) is 0 Å². The van der Waals surface area contributed by atoms with Crippen molar-refractivity contribution in [3.05, 3.63) is 59.2 Å². The highest BCUT2D eigenvalue weighted by atomic mass is 16.5. The molecule has 0 radical (unpaired) electrons. The lowest BCUT2D eigenvalue weighted by Crippen LogP contribution is -2.50. The summed E-state index contributed by atoms with van der Waals surface area (Å²) in [6.45, 7) is 7.59. The van der Waals surface area contributed by atoms with E-state index in [1.165, 1.54) is 5.56 Å². The molecular formula is C31H41N3O4. The van der Waals surface area contributed by atoms with Crippen molar-refractivity contribution in [3.63, 3.8) is 0 Å². The summed E-state index contributed by atoms with van der Waals surface area (Å²) in [5.74, 6) is 1.19. The molecule has 1 spiro atoms. The number of ether oxygens (including phenoxy) is 2. The summed E-state index contributed by atoms with van der Waals surface area (Å²) in [6, 6.07) is 14.3. The second kappa shape index (κ2) is 12.2. The number of carbonyl (C=O) groups is 2. The van der Waals surface area contributed by atoms with Crippen LogP contribution in [-0.4, -0.2) is 69.3 Å². The minimum absolute atomic E-state index is 0.0752. The molecule has 204 valence electrons. The number of hydrogen-bond donors (Lipinski definition) is 1. The third-order valence-corrected chi connectivity index (χ3v) is 8.57. The number of amides is 2. The molecule has 5 rings (SSSR count). The maximum Gasteiger partial charge on any atom is 0.254 e. The third kappa shape index (κ3) is 5.83. The van der Waals surface area contributed by atoms with Crippen molar-refractivity contribution in [2.45, 2.75) is 51.9 Å². The van der Waals surface area contributed by atoms with Gasteiger partial charge in [-0.1, -0.05) is 30.7 Å². The lowest BCUT2D eigenvalue weighted by molar-refractivity contribution is -0.134. The molecule has 7 nitrogen and oxygen atoms in total. The van der Waals surface area contributed by atoms with E-state index in [-0.39, 0.29) is 11.8 Å². The molecule has 0 aliphatic carbocycles. The highest BCUT2D eigenvalue weighted by Crippen LogP contribution is 2.38. The number of piperidine rings is 1. The number of aryl methyl sites for hydroxylation is 1. The summed E-state index contributed by atoms with van der Waals surface area (Å²) in [4.78, 5) is 31.4. The predicted octanol–water partition coefficient (Wildman–Crippen LogP) is 4.37. The van der Waals surface area contributed by atoms with Crippen LogP contribution in [0.3, 0.4) is 0 Å². The van der Waals surface area contributed by atoms with E-state index in [1.807, 2.05) is 36.1 Å². The molecule has 7 heteroatoms. The Bertz CT molecular complexity index is 1120. The maximum absolute atomic E-state index is 13.6. The Balaban J connectivity index is 1.25. The van der Waals surface area contributed by atoms with Crippen LogP contribution in [-0.2, 0) is 16.0 Å². The first-order valence-electron chi connectivity index (χ1n) is 14.3. The zero-order chi connectivity index (χ0) is 26.4. The topological polar surface area (TPSA) is 71.1 Å². The fourth-order valence-corrected chi connectivity index (χ4v) is 6.17. The largest absolute Gasteiger partial charge is 0.493 e. The van der Waals surface area contributed by atoms with Gasteiger partial charge >= 0.3 is 0 Å². The van der Waals surface area contributed by atoms with E-state index in [0.29, 0.717) is 52.3 Å². The number of hydrogen-bond acceptors (Lipinski definition) is 5. The molecule has 2 aromatic rings. The molecule has 0 saturated carbocycles. The molecule has 3 aliphatic heterocycles. The van der Waals surface area contributed by atoms with Gasteiger partial charge in [0, 0.05) is 44.0 Å². The maximum atomic E-state index is 13.6. The number of fused-ring (bicyclic) bond motifs is 1. The van der Waals surface area contributed by atoms with Crippen LogP contribution in [0.1, 0.15) is 60.0 Å². The summed E-state index contributed by atoms with van der Waals surface area (Å²) in [6.07, 6.45) is 6.01. The predicted molar refractivity (Wildman–Crippen MR) is 149 cm³/mol. The van der Waals surface area contributed by atoms with Gasteiger partial charge in [-0.2, -0.15) is 0 Å². The minimum Gasteiger partial charge on any atom is -0.493 e. The van der Waals surface area contributed by atoms with Crippen molar-refractivity contribution in [2.24, 2.45) is 5.41 Å². The molecule has 38 heavy (non-hydrogen) atoms. The van der Waals surface area contributed by atoms with E-state index in [2.05, 4.69) is 28.4 Å². The van der Waals surface area contributed by atoms with Crippen molar-refractivity contribution in [1.82, 2.24) is 10.2 Å². The number of nitrogens with one attached hydrogen (secondary N) is 1. The quantitative estimate of drug-likeness (QED) is 0.638. The normalized spacial score (nSPS) is 20.8. The highest BCUT2D eigenvalue weighted by Gasteiger charge is 2.42. The molecule has 0 atom stereocenters. The first-order chi connectivity index (χ1) is 18.6. The molecule has 3 heterocycles. The lowest BCUT2D eigenvalue weighted by atomic mass is 9.73. The standard InChI is InChI=1S/C31H41N3O4/c1-24-26(10-6-11-27(24)33-19-22-37-23-20-33)29(35)34-17-14-31(15-18-34)13-5-4-9-25-8-2-3-12-28(25)38-21-7-16-32-30(31)36/h2-3,6,8,10-12H,4-5,7,9,13-23H2,1H3,(H,32,36).